The molecule has 0 heterocycles. The van der Waals surface area contributed by atoms with E-state index in [1.54, 1.807) is 30.3 Å². The van der Waals surface area contributed by atoms with Gasteiger partial charge >= 0.3 is 5.97 Å². The molecule has 1 N–H and O–H groups in total. The molecule has 0 aromatic heterocycles. The van der Waals surface area contributed by atoms with Crippen LogP contribution in [-0.4, -0.2) is 11.1 Å². The second-order valence-corrected chi connectivity index (χ2v) is 7.62. The number of aliphatic carboxylic acids is 1. The van der Waals surface area contributed by atoms with Crippen molar-refractivity contribution in [1.29, 1.82) is 0 Å². The lowest BCUT2D eigenvalue weighted by molar-refractivity contribution is -0.143. The average Bonchev–Trinajstić information content (AvgIpc) is 2.67. The van der Waals surface area contributed by atoms with Gasteiger partial charge in [-0.05, 0) is 54.9 Å². The molecule has 0 radical (unpaired) electrons. The van der Waals surface area contributed by atoms with Crippen molar-refractivity contribution in [2.75, 3.05) is 0 Å². The van der Waals surface area contributed by atoms with E-state index in [4.69, 9.17) is 0 Å². The summed E-state index contributed by atoms with van der Waals surface area (Å²) >= 11 is 0. The fourth-order valence-electron chi connectivity index (χ4n) is 4.75. The van der Waals surface area contributed by atoms with Crippen LogP contribution in [0.25, 0.3) is 0 Å². The summed E-state index contributed by atoms with van der Waals surface area (Å²) < 4.78 is 29.6. The highest BCUT2D eigenvalue weighted by molar-refractivity contribution is 5.70. The number of rotatable bonds is 6. The summed E-state index contributed by atoms with van der Waals surface area (Å²) in [7, 11) is 0. The van der Waals surface area contributed by atoms with Crippen molar-refractivity contribution in [3.05, 3.63) is 71.3 Å². The quantitative estimate of drug-likeness (QED) is 0.669. The molecular formula is C23H26F2O2. The summed E-state index contributed by atoms with van der Waals surface area (Å²) in [6.07, 6.45) is 3.91. The molecule has 3 unspecified atom stereocenters. The average molecular weight is 372 g/mol. The summed E-state index contributed by atoms with van der Waals surface area (Å²) in [5, 5.41) is 9.58. The van der Waals surface area contributed by atoms with Gasteiger partial charge in [0, 0.05) is 5.41 Å². The van der Waals surface area contributed by atoms with Gasteiger partial charge in [0.1, 0.15) is 11.6 Å². The van der Waals surface area contributed by atoms with Crippen LogP contribution in [0.1, 0.15) is 62.5 Å². The van der Waals surface area contributed by atoms with Crippen molar-refractivity contribution < 1.29 is 18.7 Å². The van der Waals surface area contributed by atoms with Gasteiger partial charge in [-0.3, -0.25) is 4.79 Å². The number of benzene rings is 2. The van der Waals surface area contributed by atoms with E-state index in [-0.39, 0.29) is 17.6 Å². The molecule has 1 fully saturated rings. The monoisotopic (exact) mass is 372 g/mol. The molecule has 0 saturated heterocycles. The Hall–Kier alpha value is -2.23. The van der Waals surface area contributed by atoms with Gasteiger partial charge in [0.05, 0.1) is 5.92 Å². The predicted molar refractivity (Wildman–Crippen MR) is 102 cm³/mol. The molecule has 0 aliphatic heterocycles. The van der Waals surface area contributed by atoms with Crippen LogP contribution in [-0.2, 0) is 10.2 Å². The Morgan fingerprint density at radius 2 is 1.78 bits per heavy atom. The Labute approximate surface area is 159 Å². The van der Waals surface area contributed by atoms with Crippen molar-refractivity contribution >= 4 is 5.97 Å². The number of halogens is 2. The number of hydrogen-bond acceptors (Lipinski definition) is 1. The Kier molecular flexibility index (Phi) is 5.93. The minimum atomic E-state index is -0.853. The number of carboxylic acids is 1. The van der Waals surface area contributed by atoms with Crippen LogP contribution < -0.4 is 0 Å². The van der Waals surface area contributed by atoms with Crippen LogP contribution in [0.4, 0.5) is 8.78 Å². The summed E-state index contributed by atoms with van der Waals surface area (Å²) in [5.41, 5.74) is 0.508. The molecule has 1 aliphatic rings. The van der Waals surface area contributed by atoms with Crippen molar-refractivity contribution in [3.63, 3.8) is 0 Å². The highest BCUT2D eigenvalue weighted by Gasteiger charge is 2.48. The molecule has 27 heavy (non-hydrogen) atoms. The van der Waals surface area contributed by atoms with E-state index < -0.39 is 17.3 Å². The van der Waals surface area contributed by atoms with Crippen LogP contribution in [0.3, 0.4) is 0 Å². The zero-order valence-electron chi connectivity index (χ0n) is 15.6. The maximum absolute atomic E-state index is 14.9. The topological polar surface area (TPSA) is 37.3 Å². The molecule has 4 heteroatoms. The minimum Gasteiger partial charge on any atom is -0.481 e. The lowest BCUT2D eigenvalue weighted by Gasteiger charge is -2.47. The molecular weight excluding hydrogens is 346 g/mol. The van der Waals surface area contributed by atoms with Gasteiger partial charge in [-0.1, -0.05) is 56.2 Å². The van der Waals surface area contributed by atoms with Gasteiger partial charge in [-0.15, -0.1) is 0 Å². The molecule has 144 valence electrons. The largest absolute Gasteiger partial charge is 0.481 e. The summed E-state index contributed by atoms with van der Waals surface area (Å²) in [4.78, 5) is 11.7. The molecule has 0 spiro atoms. The van der Waals surface area contributed by atoms with Crippen LogP contribution in [0, 0.1) is 17.6 Å². The zero-order chi connectivity index (χ0) is 19.4. The molecule has 1 saturated carbocycles. The molecule has 3 atom stereocenters. The van der Waals surface area contributed by atoms with Crippen molar-refractivity contribution in [3.8, 4) is 0 Å². The Balaban J connectivity index is 2.17. The summed E-state index contributed by atoms with van der Waals surface area (Å²) in [5.74, 6) is -2.38. The van der Waals surface area contributed by atoms with E-state index >= 15 is 0 Å². The molecule has 2 nitrogen and oxygen atoms in total. The third-order valence-corrected chi connectivity index (χ3v) is 6.14. The van der Waals surface area contributed by atoms with Crippen molar-refractivity contribution in [1.82, 2.24) is 0 Å². The fraction of sp³-hybridized carbons (Fsp3) is 0.435. The SMILES string of the molecule is CCCCC1(c2ccccc2F)CCC(C(=O)O)CC1c1ccccc1F. The van der Waals surface area contributed by atoms with E-state index in [9.17, 15) is 18.7 Å². The van der Waals surface area contributed by atoms with Gasteiger partial charge in [0.15, 0.2) is 0 Å². The van der Waals surface area contributed by atoms with Crippen LogP contribution in [0.15, 0.2) is 48.5 Å². The standard InChI is InChI=1S/C23H26F2O2/c1-2-3-13-23(18-9-5-7-11-21(18)25)14-12-16(22(26)27)15-19(23)17-8-4-6-10-20(17)24/h4-11,16,19H,2-3,12-15H2,1H3,(H,26,27). The molecule has 0 bridgehead atoms. The van der Waals surface area contributed by atoms with E-state index in [1.807, 2.05) is 6.07 Å². The van der Waals surface area contributed by atoms with E-state index in [1.165, 1.54) is 12.1 Å². The predicted octanol–water partition coefficient (Wildman–Crippen LogP) is 6.06. The van der Waals surface area contributed by atoms with Crippen LogP contribution in [0.5, 0.6) is 0 Å². The van der Waals surface area contributed by atoms with Crippen molar-refractivity contribution in [2.45, 2.75) is 56.8 Å². The number of unbranched alkanes of at least 4 members (excludes halogenated alkanes) is 1. The number of hydrogen-bond donors (Lipinski definition) is 1. The lowest BCUT2D eigenvalue weighted by Crippen LogP contribution is -2.42. The smallest absolute Gasteiger partial charge is 0.306 e. The van der Waals surface area contributed by atoms with Gasteiger partial charge in [-0.25, -0.2) is 8.78 Å². The molecule has 0 amide bonds. The molecule has 3 rings (SSSR count). The Bertz CT molecular complexity index is 804. The molecule has 2 aromatic carbocycles. The highest BCUT2D eigenvalue weighted by Crippen LogP contribution is 2.54. The molecule has 1 aliphatic carbocycles. The maximum Gasteiger partial charge on any atom is 0.306 e. The van der Waals surface area contributed by atoms with E-state index in [0.29, 0.717) is 30.4 Å². The highest BCUT2D eigenvalue weighted by atomic mass is 19.1. The first-order chi connectivity index (χ1) is 13.0. The van der Waals surface area contributed by atoms with Crippen LogP contribution >= 0.6 is 0 Å². The second kappa shape index (κ2) is 8.20. The first-order valence-corrected chi connectivity index (χ1v) is 9.72. The number of carboxylic acid groups (broad SMARTS) is 1. The lowest BCUT2D eigenvalue weighted by atomic mass is 9.56. The van der Waals surface area contributed by atoms with Crippen molar-refractivity contribution in [2.24, 2.45) is 5.92 Å². The fourth-order valence-corrected chi connectivity index (χ4v) is 4.75. The van der Waals surface area contributed by atoms with Gasteiger partial charge in [-0.2, -0.15) is 0 Å². The van der Waals surface area contributed by atoms with Crippen LogP contribution in [0.2, 0.25) is 0 Å². The Morgan fingerprint density at radius 1 is 1.11 bits per heavy atom. The third-order valence-electron chi connectivity index (χ3n) is 6.14. The molecule has 2 aromatic rings. The van der Waals surface area contributed by atoms with Gasteiger partial charge < -0.3 is 5.11 Å². The van der Waals surface area contributed by atoms with E-state index in [0.717, 1.165) is 19.3 Å². The maximum atomic E-state index is 14.9. The zero-order valence-corrected chi connectivity index (χ0v) is 15.6. The minimum absolute atomic E-state index is 0.288. The number of carbonyl (C=O) groups is 1. The van der Waals surface area contributed by atoms with E-state index in [2.05, 4.69) is 6.92 Å². The summed E-state index contributed by atoms with van der Waals surface area (Å²) in [6.45, 7) is 2.08. The normalized spacial score (nSPS) is 25.3. The second-order valence-electron chi connectivity index (χ2n) is 7.62. The van der Waals surface area contributed by atoms with Gasteiger partial charge in [0.25, 0.3) is 0 Å². The first-order valence-electron chi connectivity index (χ1n) is 9.72. The Morgan fingerprint density at radius 3 is 2.41 bits per heavy atom. The third kappa shape index (κ3) is 3.76. The van der Waals surface area contributed by atoms with Gasteiger partial charge in [0.2, 0.25) is 0 Å². The first kappa shape index (κ1) is 19.5. The summed E-state index contributed by atoms with van der Waals surface area (Å²) in [6, 6.07) is 13.3.